The maximum Gasteiger partial charge on any atom is 0.419 e. The van der Waals surface area contributed by atoms with Crippen molar-refractivity contribution in [1.82, 2.24) is 4.98 Å². The van der Waals surface area contributed by atoms with E-state index in [1.54, 1.807) is 11.8 Å². The lowest BCUT2D eigenvalue weighted by atomic mass is 10.1. The minimum atomic E-state index is -4.46. The zero-order valence-corrected chi connectivity index (χ0v) is 12.4. The van der Waals surface area contributed by atoms with Crippen LogP contribution in [0.2, 0.25) is 0 Å². The second kappa shape index (κ2) is 5.87. The van der Waals surface area contributed by atoms with Gasteiger partial charge in [0.05, 0.1) is 24.3 Å². The minimum Gasteiger partial charge on any atom is -0.373 e. The van der Waals surface area contributed by atoms with Gasteiger partial charge < -0.3 is 15.4 Å². The molecule has 0 spiro atoms. The van der Waals surface area contributed by atoms with Crippen LogP contribution >= 0.6 is 15.9 Å². The lowest BCUT2D eigenvalue weighted by Crippen LogP contribution is -2.51. The van der Waals surface area contributed by atoms with Crippen molar-refractivity contribution in [2.45, 2.75) is 25.2 Å². The molecule has 2 unspecified atom stereocenters. The van der Waals surface area contributed by atoms with Gasteiger partial charge in [0.25, 0.3) is 0 Å². The topological polar surface area (TPSA) is 51.4 Å². The van der Waals surface area contributed by atoms with Gasteiger partial charge in [-0.1, -0.05) is 0 Å². The molecule has 0 bridgehead atoms. The molecule has 1 aliphatic rings. The summed E-state index contributed by atoms with van der Waals surface area (Å²) in [5, 5.41) is 0. The van der Waals surface area contributed by atoms with Crippen LogP contribution in [0, 0.1) is 0 Å². The Morgan fingerprint density at radius 3 is 2.85 bits per heavy atom. The molecule has 0 amide bonds. The zero-order valence-electron chi connectivity index (χ0n) is 10.8. The first kappa shape index (κ1) is 15.5. The summed E-state index contributed by atoms with van der Waals surface area (Å²) in [5.41, 5.74) is 4.78. The molecular weight excluding hydrogens is 339 g/mol. The molecule has 2 N–H and O–H groups in total. The first-order valence-electron chi connectivity index (χ1n) is 6.14. The largest absolute Gasteiger partial charge is 0.419 e. The van der Waals surface area contributed by atoms with Gasteiger partial charge in [0.15, 0.2) is 0 Å². The van der Waals surface area contributed by atoms with E-state index in [2.05, 4.69) is 20.9 Å². The molecule has 0 radical (unpaired) electrons. The summed E-state index contributed by atoms with van der Waals surface area (Å²) in [4.78, 5) is 5.56. The molecule has 0 aliphatic carbocycles. The molecule has 1 aromatic rings. The predicted molar refractivity (Wildman–Crippen MR) is 72.5 cm³/mol. The van der Waals surface area contributed by atoms with E-state index in [0.29, 0.717) is 17.6 Å². The summed E-state index contributed by atoms with van der Waals surface area (Å²) in [7, 11) is 0. The van der Waals surface area contributed by atoms with Crippen LogP contribution in [-0.2, 0) is 10.9 Å². The fourth-order valence-corrected chi connectivity index (χ4v) is 2.46. The third-order valence-corrected chi connectivity index (χ3v) is 3.61. The van der Waals surface area contributed by atoms with E-state index >= 15 is 0 Å². The third-order valence-electron chi connectivity index (χ3n) is 3.18. The Balaban J connectivity index is 2.40. The molecule has 0 aromatic carbocycles. The summed E-state index contributed by atoms with van der Waals surface area (Å²) in [6, 6.07) is 0.856. The van der Waals surface area contributed by atoms with Crippen LogP contribution in [0.5, 0.6) is 0 Å². The van der Waals surface area contributed by atoms with Crippen molar-refractivity contribution < 1.29 is 17.9 Å². The van der Waals surface area contributed by atoms with Crippen molar-refractivity contribution in [2.24, 2.45) is 5.73 Å². The van der Waals surface area contributed by atoms with Crippen LogP contribution in [-0.4, -0.2) is 36.8 Å². The fraction of sp³-hybridized carbons (Fsp3) is 0.583. The maximum atomic E-state index is 13.1. The predicted octanol–water partition coefficient (Wildman–Crippen LogP) is 2.42. The number of aromatic nitrogens is 1. The Hall–Kier alpha value is -0.860. The SMILES string of the molecule is CC1COC(CN)CN1c1ncc(Br)cc1C(F)(F)F. The molecule has 1 fully saturated rings. The highest BCUT2D eigenvalue weighted by molar-refractivity contribution is 9.10. The third kappa shape index (κ3) is 3.24. The number of morpholine rings is 1. The van der Waals surface area contributed by atoms with E-state index in [-0.39, 0.29) is 24.5 Å². The first-order chi connectivity index (χ1) is 9.32. The van der Waals surface area contributed by atoms with E-state index in [4.69, 9.17) is 10.5 Å². The van der Waals surface area contributed by atoms with Gasteiger partial charge in [-0.3, -0.25) is 0 Å². The summed E-state index contributed by atoms with van der Waals surface area (Å²) >= 11 is 3.03. The number of anilines is 1. The number of nitrogens with two attached hydrogens (primary N) is 1. The van der Waals surface area contributed by atoms with Gasteiger partial charge in [-0.2, -0.15) is 13.2 Å². The molecule has 2 rings (SSSR count). The van der Waals surface area contributed by atoms with Crippen molar-refractivity contribution in [2.75, 3.05) is 24.6 Å². The number of rotatable bonds is 2. The second-order valence-corrected chi connectivity index (χ2v) is 5.63. The highest BCUT2D eigenvalue weighted by atomic mass is 79.9. The fourth-order valence-electron chi connectivity index (χ4n) is 2.12. The Kier molecular flexibility index (Phi) is 4.55. The molecule has 20 heavy (non-hydrogen) atoms. The monoisotopic (exact) mass is 353 g/mol. The molecule has 1 aliphatic heterocycles. The molecule has 8 heteroatoms. The highest BCUT2D eigenvalue weighted by Crippen LogP contribution is 2.38. The molecule has 112 valence electrons. The summed E-state index contributed by atoms with van der Waals surface area (Å²) in [6.07, 6.45) is -3.37. The van der Waals surface area contributed by atoms with E-state index in [1.165, 1.54) is 6.20 Å². The molecule has 2 atom stereocenters. The Morgan fingerprint density at radius 1 is 1.55 bits per heavy atom. The van der Waals surface area contributed by atoms with Crippen LogP contribution in [0.4, 0.5) is 19.0 Å². The molecule has 0 saturated carbocycles. The van der Waals surface area contributed by atoms with Crippen LogP contribution < -0.4 is 10.6 Å². The van der Waals surface area contributed by atoms with E-state index in [9.17, 15) is 13.2 Å². The molecule has 1 saturated heterocycles. The summed E-state index contributed by atoms with van der Waals surface area (Å²) in [6.45, 7) is 2.70. The number of nitrogens with zero attached hydrogens (tertiary/aromatic N) is 2. The van der Waals surface area contributed by atoms with Gasteiger partial charge in [-0.15, -0.1) is 0 Å². The Bertz CT molecular complexity index is 484. The maximum absolute atomic E-state index is 13.1. The number of alkyl halides is 3. The lowest BCUT2D eigenvalue weighted by Gasteiger charge is -2.39. The van der Waals surface area contributed by atoms with Crippen molar-refractivity contribution in [3.8, 4) is 0 Å². The average Bonchev–Trinajstić information content (AvgIpc) is 2.38. The van der Waals surface area contributed by atoms with E-state index in [1.807, 2.05) is 0 Å². The van der Waals surface area contributed by atoms with Gasteiger partial charge in [0.1, 0.15) is 5.82 Å². The second-order valence-electron chi connectivity index (χ2n) is 4.71. The van der Waals surface area contributed by atoms with Crippen molar-refractivity contribution >= 4 is 21.7 Å². The highest BCUT2D eigenvalue weighted by Gasteiger charge is 2.38. The number of hydrogen-bond acceptors (Lipinski definition) is 4. The Labute approximate surface area is 123 Å². The van der Waals surface area contributed by atoms with Gasteiger partial charge >= 0.3 is 6.18 Å². The number of ether oxygens (including phenoxy) is 1. The van der Waals surface area contributed by atoms with Gasteiger partial charge in [-0.05, 0) is 28.9 Å². The standard InChI is InChI=1S/C12H15BrF3N3O/c1-7-6-20-9(3-17)5-19(7)11-10(12(14,15)16)2-8(13)4-18-11/h2,4,7,9H,3,5-6,17H2,1H3. The van der Waals surface area contributed by atoms with Crippen molar-refractivity contribution in [3.63, 3.8) is 0 Å². The zero-order chi connectivity index (χ0) is 14.9. The van der Waals surface area contributed by atoms with Crippen LogP contribution in [0.3, 0.4) is 0 Å². The molecular formula is C12H15BrF3N3O. The Morgan fingerprint density at radius 2 is 2.25 bits per heavy atom. The first-order valence-corrected chi connectivity index (χ1v) is 6.93. The van der Waals surface area contributed by atoms with Gasteiger partial charge in [0, 0.05) is 23.8 Å². The number of pyridine rings is 1. The van der Waals surface area contributed by atoms with Crippen molar-refractivity contribution in [1.29, 1.82) is 0 Å². The number of halogens is 4. The minimum absolute atomic E-state index is 0.0741. The van der Waals surface area contributed by atoms with Crippen molar-refractivity contribution in [3.05, 3.63) is 22.3 Å². The quantitative estimate of drug-likeness (QED) is 0.886. The van der Waals surface area contributed by atoms with Crippen LogP contribution in [0.15, 0.2) is 16.7 Å². The molecule has 2 heterocycles. The van der Waals surface area contributed by atoms with Gasteiger partial charge in [-0.25, -0.2) is 4.98 Å². The summed E-state index contributed by atoms with van der Waals surface area (Å²) < 4.78 is 45.2. The molecule has 1 aromatic heterocycles. The summed E-state index contributed by atoms with van der Waals surface area (Å²) in [5.74, 6) is -0.0741. The van der Waals surface area contributed by atoms with E-state index < -0.39 is 11.7 Å². The lowest BCUT2D eigenvalue weighted by molar-refractivity contribution is -0.137. The van der Waals surface area contributed by atoms with E-state index in [0.717, 1.165) is 6.07 Å². The average molecular weight is 354 g/mol. The van der Waals surface area contributed by atoms with Gasteiger partial charge in [0.2, 0.25) is 0 Å². The normalized spacial score (nSPS) is 24.0. The van der Waals surface area contributed by atoms with Crippen LogP contribution in [0.25, 0.3) is 0 Å². The smallest absolute Gasteiger partial charge is 0.373 e. The van der Waals surface area contributed by atoms with Crippen LogP contribution in [0.1, 0.15) is 12.5 Å². The number of hydrogen-bond donors (Lipinski definition) is 1. The molecule has 4 nitrogen and oxygen atoms in total.